The first-order valence-electron chi connectivity index (χ1n) is 11.6. The van der Waals surface area contributed by atoms with E-state index in [-0.39, 0.29) is 18.2 Å². The van der Waals surface area contributed by atoms with Gasteiger partial charge in [-0.25, -0.2) is 4.79 Å². The molecular weight excluding hydrogens is 474 g/mol. The fourth-order valence-corrected chi connectivity index (χ4v) is 5.36. The van der Waals surface area contributed by atoms with Crippen LogP contribution in [0.5, 0.6) is 0 Å². The molecule has 2 aromatic carbocycles. The molecule has 9 heteroatoms. The van der Waals surface area contributed by atoms with Crippen LogP contribution in [0.4, 0.5) is 0 Å². The van der Waals surface area contributed by atoms with Crippen molar-refractivity contribution >= 4 is 23.6 Å². The highest BCUT2D eigenvalue weighted by molar-refractivity contribution is 7.99. The molecule has 0 saturated heterocycles. The number of aliphatic carboxylic acids is 1. The summed E-state index contributed by atoms with van der Waals surface area (Å²) in [5, 5.41) is 19.2. The van der Waals surface area contributed by atoms with Gasteiger partial charge in [0, 0.05) is 30.9 Å². The van der Waals surface area contributed by atoms with Gasteiger partial charge in [0.1, 0.15) is 6.04 Å². The summed E-state index contributed by atoms with van der Waals surface area (Å²) >= 11 is 1.25. The van der Waals surface area contributed by atoms with Crippen molar-refractivity contribution in [3.05, 3.63) is 89.2 Å². The van der Waals surface area contributed by atoms with Gasteiger partial charge < -0.3 is 10.0 Å². The number of nitrogens with zero attached hydrogens (tertiary/aromatic N) is 5. The molecule has 0 radical (unpaired) electrons. The summed E-state index contributed by atoms with van der Waals surface area (Å²) in [6.07, 6.45) is 3.73. The van der Waals surface area contributed by atoms with Crippen LogP contribution in [0.2, 0.25) is 0 Å². The Kier molecular flexibility index (Phi) is 6.56. The van der Waals surface area contributed by atoms with Crippen molar-refractivity contribution in [1.82, 2.24) is 24.6 Å². The fraction of sp³-hybridized carbons (Fsp3) is 0.222. The Morgan fingerprint density at radius 1 is 1.06 bits per heavy atom. The van der Waals surface area contributed by atoms with Gasteiger partial charge in [0.2, 0.25) is 5.91 Å². The van der Waals surface area contributed by atoms with E-state index in [2.05, 4.69) is 21.2 Å². The van der Waals surface area contributed by atoms with Gasteiger partial charge in [0.05, 0.1) is 11.4 Å². The zero-order valence-corrected chi connectivity index (χ0v) is 20.8. The third-order valence-electron chi connectivity index (χ3n) is 6.33. The van der Waals surface area contributed by atoms with Crippen LogP contribution in [0.1, 0.15) is 22.3 Å². The maximum atomic E-state index is 13.3. The van der Waals surface area contributed by atoms with Gasteiger partial charge in [-0.1, -0.05) is 53.7 Å². The molecule has 0 bridgehead atoms. The number of carbonyl (C=O) groups is 2. The summed E-state index contributed by atoms with van der Waals surface area (Å²) in [5.41, 5.74) is 5.85. The molecule has 1 aliphatic rings. The van der Waals surface area contributed by atoms with Crippen molar-refractivity contribution in [3.63, 3.8) is 0 Å². The Bertz CT molecular complexity index is 1440. The first kappa shape index (κ1) is 23.7. The van der Waals surface area contributed by atoms with Gasteiger partial charge in [-0.15, -0.1) is 10.2 Å². The van der Waals surface area contributed by atoms with Crippen LogP contribution in [-0.2, 0) is 22.6 Å². The number of rotatable bonds is 6. The molecule has 4 aromatic rings. The van der Waals surface area contributed by atoms with Crippen LogP contribution in [0.25, 0.3) is 17.1 Å². The van der Waals surface area contributed by atoms with E-state index in [1.165, 1.54) is 16.7 Å². The van der Waals surface area contributed by atoms with E-state index in [0.29, 0.717) is 17.4 Å². The predicted octanol–water partition coefficient (Wildman–Crippen LogP) is 4.08. The third kappa shape index (κ3) is 4.61. The molecule has 1 amide bonds. The number of hydrogen-bond donors (Lipinski definition) is 1. The SMILES string of the molecule is Cc1ccc(-n2c(SCC(=O)N3Cc4ccccc4C[C@H]3C(=O)O)nnc2-c2cccnc2)c(C)c1. The number of fused-ring (bicyclic) bond motifs is 1. The number of aromatic nitrogens is 4. The molecule has 0 fully saturated rings. The first-order valence-corrected chi connectivity index (χ1v) is 12.6. The highest BCUT2D eigenvalue weighted by Gasteiger charge is 2.34. The number of carboxylic acid groups (broad SMARTS) is 1. The molecule has 36 heavy (non-hydrogen) atoms. The molecule has 1 N–H and O–H groups in total. The van der Waals surface area contributed by atoms with Crippen molar-refractivity contribution < 1.29 is 14.7 Å². The van der Waals surface area contributed by atoms with Crippen molar-refractivity contribution in [1.29, 1.82) is 0 Å². The minimum absolute atomic E-state index is 0.0437. The molecule has 0 unspecified atom stereocenters. The number of thioether (sulfide) groups is 1. The molecule has 0 spiro atoms. The van der Waals surface area contributed by atoms with E-state index in [0.717, 1.165) is 33.5 Å². The minimum Gasteiger partial charge on any atom is -0.480 e. The van der Waals surface area contributed by atoms with E-state index in [9.17, 15) is 14.7 Å². The number of carboxylic acids is 1. The minimum atomic E-state index is -1.000. The molecule has 1 atom stereocenters. The second-order valence-corrected chi connectivity index (χ2v) is 9.75. The van der Waals surface area contributed by atoms with Gasteiger partial charge >= 0.3 is 5.97 Å². The van der Waals surface area contributed by atoms with Crippen LogP contribution in [0.15, 0.2) is 72.1 Å². The molecule has 8 nitrogen and oxygen atoms in total. The maximum Gasteiger partial charge on any atom is 0.326 e. The lowest BCUT2D eigenvalue weighted by molar-refractivity contribution is -0.150. The Balaban J connectivity index is 1.45. The quantitative estimate of drug-likeness (QED) is 0.399. The molecular formula is C27H25N5O3S. The van der Waals surface area contributed by atoms with Gasteiger partial charge in [-0.3, -0.25) is 14.3 Å². The lowest BCUT2D eigenvalue weighted by Gasteiger charge is -2.34. The van der Waals surface area contributed by atoms with Crippen molar-refractivity contribution in [2.45, 2.75) is 38.0 Å². The summed E-state index contributed by atoms with van der Waals surface area (Å²) in [6.45, 7) is 4.34. The first-order chi connectivity index (χ1) is 17.4. The van der Waals surface area contributed by atoms with E-state index >= 15 is 0 Å². The van der Waals surface area contributed by atoms with Gasteiger partial charge in [-0.2, -0.15) is 0 Å². The zero-order valence-electron chi connectivity index (χ0n) is 20.0. The lowest BCUT2D eigenvalue weighted by Crippen LogP contribution is -2.49. The summed E-state index contributed by atoms with van der Waals surface area (Å²) in [5.74, 6) is -0.581. The molecule has 0 aliphatic carbocycles. The van der Waals surface area contributed by atoms with Crippen molar-refractivity contribution in [3.8, 4) is 17.1 Å². The summed E-state index contributed by atoms with van der Waals surface area (Å²) < 4.78 is 1.93. The second kappa shape index (κ2) is 9.94. The molecule has 0 saturated carbocycles. The average molecular weight is 500 g/mol. The van der Waals surface area contributed by atoms with Crippen LogP contribution in [0.3, 0.4) is 0 Å². The smallest absolute Gasteiger partial charge is 0.326 e. The van der Waals surface area contributed by atoms with E-state index in [1.807, 2.05) is 66.9 Å². The molecule has 1 aliphatic heterocycles. The fourth-order valence-electron chi connectivity index (χ4n) is 4.53. The molecule has 5 rings (SSSR count). The van der Waals surface area contributed by atoms with Crippen molar-refractivity contribution in [2.24, 2.45) is 0 Å². The number of amides is 1. The number of aryl methyl sites for hydroxylation is 2. The number of benzene rings is 2. The van der Waals surface area contributed by atoms with Crippen LogP contribution in [0, 0.1) is 13.8 Å². The number of carbonyl (C=O) groups excluding carboxylic acids is 1. The van der Waals surface area contributed by atoms with E-state index in [4.69, 9.17) is 0 Å². The van der Waals surface area contributed by atoms with Crippen molar-refractivity contribution in [2.75, 3.05) is 5.75 Å². The van der Waals surface area contributed by atoms with Gasteiger partial charge in [0.15, 0.2) is 11.0 Å². The standard InChI is InChI=1S/C27H25N5O3S/c1-17-9-10-22(18(2)12-17)32-25(20-8-5-11-28-14-20)29-30-27(32)36-16-24(33)31-15-21-7-4-3-6-19(21)13-23(31)26(34)35/h3-12,14,23H,13,15-16H2,1-2H3,(H,34,35)/t23-/m0/s1. The molecule has 182 valence electrons. The highest BCUT2D eigenvalue weighted by Crippen LogP contribution is 2.31. The third-order valence-corrected chi connectivity index (χ3v) is 7.24. The Labute approximate surface area is 213 Å². The normalized spacial score (nSPS) is 14.9. The van der Waals surface area contributed by atoms with Gasteiger partial charge in [0.25, 0.3) is 0 Å². The maximum absolute atomic E-state index is 13.3. The summed E-state index contributed by atoms with van der Waals surface area (Å²) in [7, 11) is 0. The Morgan fingerprint density at radius 2 is 1.86 bits per heavy atom. The topological polar surface area (TPSA) is 101 Å². The Hall–Kier alpha value is -3.98. The average Bonchev–Trinajstić information content (AvgIpc) is 3.30. The monoisotopic (exact) mass is 499 g/mol. The largest absolute Gasteiger partial charge is 0.480 e. The zero-order chi connectivity index (χ0) is 25.2. The van der Waals surface area contributed by atoms with Crippen LogP contribution in [-0.4, -0.2) is 53.4 Å². The lowest BCUT2D eigenvalue weighted by atomic mass is 9.94. The molecule has 2 aromatic heterocycles. The summed E-state index contributed by atoms with van der Waals surface area (Å²) in [4.78, 5) is 31.0. The number of pyridine rings is 1. The van der Waals surface area contributed by atoms with Gasteiger partial charge in [-0.05, 0) is 48.7 Å². The number of hydrogen-bond acceptors (Lipinski definition) is 6. The van der Waals surface area contributed by atoms with Crippen LogP contribution >= 0.6 is 11.8 Å². The Morgan fingerprint density at radius 3 is 2.58 bits per heavy atom. The van der Waals surface area contributed by atoms with E-state index < -0.39 is 12.0 Å². The predicted molar refractivity (Wildman–Crippen MR) is 137 cm³/mol. The summed E-state index contributed by atoms with van der Waals surface area (Å²) in [6, 6.07) is 16.7. The van der Waals surface area contributed by atoms with E-state index in [1.54, 1.807) is 12.4 Å². The highest BCUT2D eigenvalue weighted by atomic mass is 32.2. The second-order valence-electron chi connectivity index (χ2n) is 8.81. The van der Waals surface area contributed by atoms with Crippen LogP contribution < -0.4 is 0 Å². The molecule has 3 heterocycles.